The Hall–Kier alpha value is -4.82. The standard InChI is InChI=1S/C30H42N10O24P6S2.C21H28F3N6O13P3S2/c31-5-1-3-17-9-39(29-25(17)27(33)35-13-37-29)23-7-19(21(59-23)11-57-67(47,48)63-69(51,52)61-65(41,42)43)55-15-71-72-16-56-20-8-24(40-10-18(4-2-6-32)26-28(34)36-14-38-30(26)40)60-22(20)12-58-68(49,50)64-70(53,54)62-66(44,45)46;1-29(2)11-28-18-17-13(5-4-6-25-20(31)21(22,23)24)8-30(19(17)27-10-26-18)16-7-14(39-12-48-47-3)15(41-16)9-40-45(35,36)43-46(37,38)42-44(32,33)34/h9-10,13-14,19-24H,5-8,11-12,15-16,31-32H2,(H,47,48)(H,49,50)(H,51,52)(H,53,54)(H2,33,35,37)(H2,34,36,38)(H2,41,42,43)(H2,44,45,46);8,10-11,14-16H,6-7,9,12H2,1-3H3,(H,25,31)(H,35,36)(H,37,38)(H2,32,33,34)/p-5/t19?,20?,21-,22-,23-,24-;14?,15-,16-/m11/s1. The van der Waals surface area contributed by atoms with Gasteiger partial charge >= 0.3 is 43.4 Å². The second-order valence-corrected chi connectivity index (χ2v) is 41.4. The van der Waals surface area contributed by atoms with Crippen LogP contribution in [-0.2, 0) is 114 Å². The van der Waals surface area contributed by atoms with Gasteiger partial charge in [-0.05, 0) is 6.26 Å². The smallest absolute Gasteiger partial charge is 0.487 e. The molecule has 0 bridgehead atoms. The van der Waals surface area contributed by atoms with E-state index in [0.717, 1.165) is 21.6 Å². The summed E-state index contributed by atoms with van der Waals surface area (Å²) in [4.78, 5) is 164. The first-order valence-corrected chi connectivity index (χ1v) is 50.9. The van der Waals surface area contributed by atoms with Crippen LogP contribution in [0.4, 0.5) is 30.6 Å². The van der Waals surface area contributed by atoms with E-state index in [1.165, 1.54) is 79.2 Å². The maximum atomic E-state index is 12.6. The third-order valence-corrected chi connectivity index (χ3v) is 29.3. The molecule has 3 saturated heterocycles. The number of fused-ring (bicyclic) bond motifs is 3. The maximum absolute atomic E-state index is 12.6. The summed E-state index contributed by atoms with van der Waals surface area (Å²) in [5.41, 5.74) is 24.9. The summed E-state index contributed by atoms with van der Waals surface area (Å²) in [5, 5.41) is 2.55. The van der Waals surface area contributed by atoms with E-state index in [2.05, 4.69) is 101 Å². The van der Waals surface area contributed by atoms with E-state index < -0.39 is 164 Å². The minimum absolute atomic E-state index is 0.0111. The molecule has 18 atom stereocenters. The number of nitrogens with two attached hydrogens (primary N) is 4. The predicted molar refractivity (Wildman–Crippen MR) is 401 cm³/mol. The Morgan fingerprint density at radius 3 is 1.32 bits per heavy atom. The molecule has 3 fully saturated rings. The van der Waals surface area contributed by atoms with Crippen molar-refractivity contribution in [1.82, 2.24) is 53.8 Å². The highest BCUT2D eigenvalue weighted by molar-refractivity contribution is 8.76. The fourth-order valence-corrected chi connectivity index (χ4v) is 21.6. The lowest BCUT2D eigenvalue weighted by Gasteiger charge is -2.33. The quantitative estimate of drug-likeness (QED) is 0.00477. The van der Waals surface area contributed by atoms with E-state index in [9.17, 15) is 103 Å². The molecule has 0 aromatic carbocycles. The number of rotatable bonds is 38. The van der Waals surface area contributed by atoms with Crippen LogP contribution in [0.25, 0.3) is 33.1 Å². The number of alkyl halides is 3. The number of aromatic nitrogens is 9. The molecule has 1 amide bonds. The topological polar surface area (TPSA) is 790 Å². The Kier molecular flexibility index (Phi) is 35.8. The second-order valence-electron chi connectivity index (χ2n) is 23.5. The zero-order chi connectivity index (χ0) is 88.8. The molecule has 9 rings (SSSR count). The summed E-state index contributed by atoms with van der Waals surface area (Å²) in [6, 6.07) is 0. The van der Waals surface area contributed by atoms with Gasteiger partial charge in [-0.15, -0.1) is 0 Å². The van der Waals surface area contributed by atoms with Gasteiger partial charge in [0.1, 0.15) is 102 Å². The lowest BCUT2D eigenvalue weighted by Crippen LogP contribution is -2.36. The number of amides is 1. The van der Waals surface area contributed by atoms with Crippen molar-refractivity contribution >= 4 is 176 Å². The summed E-state index contributed by atoms with van der Waals surface area (Å²) < 4.78 is 220. The molecule has 12 unspecified atom stereocenters. The highest BCUT2D eigenvalue weighted by atomic mass is 33.1. The van der Waals surface area contributed by atoms with Crippen molar-refractivity contribution in [3.63, 3.8) is 0 Å². The van der Waals surface area contributed by atoms with E-state index >= 15 is 0 Å². The summed E-state index contributed by atoms with van der Waals surface area (Å²) in [7, 11) is -44.8. The first-order chi connectivity index (χ1) is 55.8. The summed E-state index contributed by atoms with van der Waals surface area (Å²) in [6.45, 7) is -3.40. The number of aliphatic imine (C=N–C) groups is 1. The Bertz CT molecular complexity index is 5170. The molecule has 16 N–H and O–H groups in total. The van der Waals surface area contributed by atoms with Crippen LogP contribution in [0, 0.1) is 35.5 Å². The van der Waals surface area contributed by atoms with Gasteiger partial charge in [-0.3, -0.25) is 36.7 Å². The molecule has 0 spiro atoms. The van der Waals surface area contributed by atoms with E-state index in [1.54, 1.807) is 30.6 Å². The summed E-state index contributed by atoms with van der Waals surface area (Å²) in [5.74, 6) is 14.0. The number of nitrogen functional groups attached to an aromatic ring is 2. The largest absolute Gasteiger partial charge is 0.756 e. The first-order valence-electron chi connectivity index (χ1n) is 32.3. The highest BCUT2D eigenvalue weighted by Gasteiger charge is 2.47. The molecule has 3 aliphatic rings. The minimum atomic E-state index is -6.14. The van der Waals surface area contributed by atoms with E-state index in [0.29, 0.717) is 21.9 Å². The normalized spacial score (nSPS) is 24.0. The number of nitrogens with one attached hydrogen (secondary N) is 1. The molecular formula is C51H65F3N16O37P9S4-5. The Labute approximate surface area is 688 Å². The van der Waals surface area contributed by atoms with Crippen LogP contribution in [0.2, 0.25) is 0 Å². The number of halogens is 3. The predicted octanol–water partition coefficient (Wildman–Crippen LogP) is 0.497. The van der Waals surface area contributed by atoms with Crippen LogP contribution in [0.1, 0.15) is 54.6 Å². The zero-order valence-electron chi connectivity index (χ0n) is 60.6. The number of ether oxygens (including phenoxy) is 6. The number of phosphoric acid groups is 9. The molecule has 120 heavy (non-hydrogen) atoms. The van der Waals surface area contributed by atoms with Crippen LogP contribution < -0.4 is 52.7 Å². The summed E-state index contributed by atoms with van der Waals surface area (Å²) >= 11 is 0. The SMILES string of the molecule is CSSCOC1C[C@H](n2cc(C#CCNC(=O)C(F)(F)F)c3c(N=CN(C)C)ncnc32)O[C@@H]1COP(=O)([O-])OP(=O)([O-])OP(=O)([O-])O.NCC#Cc1cn([C@H]2CC(OCSSCOC3C[C@H](n4cc(C#CCN)c5c(N)ncnc54)O[C@@H]3COP(=O)(O)OP(=O)(O)OP(=O)([O-])O)[C@@H](COP(=O)(O)OP(=O)(O)OP(=O)([O-])O)O2)c2ncnc(N)c12. The van der Waals surface area contributed by atoms with E-state index in [-0.39, 0.29) is 95.5 Å². The van der Waals surface area contributed by atoms with Crippen LogP contribution in [0.3, 0.4) is 0 Å². The van der Waals surface area contributed by atoms with Crippen molar-refractivity contribution in [2.75, 3.05) is 89.1 Å². The number of anilines is 2. The van der Waals surface area contributed by atoms with Gasteiger partial charge in [0.25, 0.3) is 39.1 Å². The van der Waals surface area contributed by atoms with E-state index in [4.69, 9.17) is 75.1 Å². The fraction of sp³-hybridized carbons (Fsp3) is 0.490. The van der Waals surface area contributed by atoms with Gasteiger partial charge in [-0.1, -0.05) is 78.7 Å². The number of nitrogens with zero attached hydrogens (tertiary/aromatic N) is 11. The molecule has 3 aliphatic heterocycles. The molecule has 0 aliphatic carbocycles. The van der Waals surface area contributed by atoms with Gasteiger partial charge in [0.05, 0.1) is 97.0 Å². The number of hydrogen-bond acceptors (Lipinski definition) is 45. The molecule has 0 saturated carbocycles. The summed E-state index contributed by atoms with van der Waals surface area (Å²) in [6.07, 6.45) is -3.70. The lowest BCUT2D eigenvalue weighted by atomic mass is 10.2. The third-order valence-electron chi connectivity index (χ3n) is 14.8. The van der Waals surface area contributed by atoms with Gasteiger partial charge in [-0.2, -0.15) is 21.8 Å². The molecule has 9 heterocycles. The number of hydrogen-bond donors (Lipinski definition) is 12. The Balaban J connectivity index is 0.000000324. The van der Waals surface area contributed by atoms with Crippen molar-refractivity contribution in [2.24, 2.45) is 16.5 Å². The van der Waals surface area contributed by atoms with Gasteiger partial charge in [0.15, 0.2) is 5.82 Å². The van der Waals surface area contributed by atoms with Crippen molar-refractivity contribution in [3.8, 4) is 35.5 Å². The van der Waals surface area contributed by atoms with Crippen molar-refractivity contribution in [1.29, 1.82) is 0 Å². The Morgan fingerprint density at radius 2 is 0.933 bits per heavy atom. The number of phosphoric ester groups is 3. The molecular weight excluding hydrogens is 1890 g/mol. The van der Waals surface area contributed by atoms with Crippen molar-refractivity contribution in [3.05, 3.63) is 54.3 Å². The van der Waals surface area contributed by atoms with E-state index in [1.807, 2.05) is 0 Å². The second kappa shape index (κ2) is 42.7. The molecule has 69 heteroatoms. The van der Waals surface area contributed by atoms with Gasteiger partial charge in [0.2, 0.25) is 0 Å². The van der Waals surface area contributed by atoms with Crippen LogP contribution in [0.5, 0.6) is 0 Å². The van der Waals surface area contributed by atoms with Crippen LogP contribution in [-0.4, -0.2) is 215 Å². The molecule has 6 aromatic heterocycles. The fourth-order valence-electron chi connectivity index (χ4n) is 10.6. The maximum Gasteiger partial charge on any atom is 0.487 e. The minimum Gasteiger partial charge on any atom is -0.756 e. The number of carbonyl (C=O) groups excluding carboxylic acids is 1. The third kappa shape index (κ3) is 30.8. The average Bonchev–Trinajstić information content (AvgIpc) is 1.63. The first kappa shape index (κ1) is 101. The molecule has 0 radical (unpaired) electrons. The highest BCUT2D eigenvalue weighted by Crippen LogP contribution is 2.67. The molecule has 6 aromatic rings. The van der Waals surface area contributed by atoms with Crippen molar-refractivity contribution in [2.45, 2.75) is 80.7 Å². The van der Waals surface area contributed by atoms with Crippen LogP contribution >= 0.6 is 114 Å². The average molecular weight is 1960 g/mol. The number of carbonyl (C=O) groups is 1. The van der Waals surface area contributed by atoms with Crippen LogP contribution in [0.15, 0.2) is 42.6 Å². The molecule has 53 nitrogen and oxygen atoms in total. The van der Waals surface area contributed by atoms with Gasteiger partial charge in [0, 0.05) is 51.9 Å². The lowest BCUT2D eigenvalue weighted by molar-refractivity contribution is -0.250. The monoisotopic (exact) mass is 1960 g/mol. The van der Waals surface area contributed by atoms with Crippen molar-refractivity contribution < 1.29 is 186 Å². The zero-order valence-corrected chi connectivity index (χ0v) is 71.9. The Morgan fingerprint density at radius 1 is 0.558 bits per heavy atom. The van der Waals surface area contributed by atoms with Gasteiger partial charge in [-0.25, -0.2) is 70.4 Å². The molecule has 666 valence electrons. The van der Waals surface area contributed by atoms with Gasteiger partial charge < -0.3 is 139 Å².